The van der Waals surface area contributed by atoms with Gasteiger partial charge in [-0.05, 0) is 12.8 Å². The first-order chi connectivity index (χ1) is 5.72. The molecule has 0 aromatic carbocycles. The van der Waals surface area contributed by atoms with E-state index in [0.29, 0.717) is 5.82 Å². The monoisotopic (exact) mass is 204 g/mol. The summed E-state index contributed by atoms with van der Waals surface area (Å²) in [5, 5.41) is 0. The van der Waals surface area contributed by atoms with Crippen LogP contribution in [0.5, 0.6) is 0 Å². The van der Waals surface area contributed by atoms with Crippen molar-refractivity contribution in [2.24, 2.45) is 0 Å². The van der Waals surface area contributed by atoms with E-state index in [1.807, 2.05) is 0 Å². The van der Waals surface area contributed by atoms with Crippen LogP contribution in [0.2, 0.25) is 0 Å². The maximum atomic E-state index is 11.4. The fourth-order valence-electron chi connectivity index (χ4n) is 1.61. The van der Waals surface area contributed by atoms with Gasteiger partial charge in [0, 0.05) is 13.1 Å². The molecular weight excluding hydrogens is 192 g/mol. The summed E-state index contributed by atoms with van der Waals surface area (Å²) in [6, 6.07) is 0. The van der Waals surface area contributed by atoms with Gasteiger partial charge in [0.1, 0.15) is 11.5 Å². The maximum Gasteiger partial charge on any atom is 0.292 e. The van der Waals surface area contributed by atoms with Crippen molar-refractivity contribution >= 4 is 23.9 Å². The molecule has 0 bridgehead atoms. The Balaban J connectivity index is 0.000000845. The number of fused-ring (bicyclic) bond motifs is 1. The molecule has 1 aromatic heterocycles. The number of hydrogen-bond acceptors (Lipinski definition) is 3. The van der Waals surface area contributed by atoms with Gasteiger partial charge in [0.15, 0.2) is 0 Å². The first-order valence-electron chi connectivity index (χ1n) is 4.06. The number of aromatic nitrogens is 2. The van der Waals surface area contributed by atoms with Gasteiger partial charge in [-0.1, -0.05) is 0 Å². The van der Waals surface area contributed by atoms with E-state index >= 15 is 0 Å². The molecule has 5 nitrogen and oxygen atoms in total. The zero-order chi connectivity index (χ0) is 8.72. The largest absolute Gasteiger partial charge is 0.391 e. The Bertz CT molecular complexity index is 367. The van der Waals surface area contributed by atoms with Gasteiger partial charge in [0.2, 0.25) is 0 Å². The highest BCUT2D eigenvalue weighted by molar-refractivity contribution is 5.85. The molecule has 0 fully saturated rings. The zero-order valence-corrected chi connectivity index (χ0v) is 8.01. The average molecular weight is 205 g/mol. The van der Waals surface area contributed by atoms with Gasteiger partial charge in [-0.15, -0.1) is 12.4 Å². The number of hydrogen-bond donors (Lipinski definition) is 2. The van der Waals surface area contributed by atoms with Gasteiger partial charge >= 0.3 is 0 Å². The van der Waals surface area contributed by atoms with Crippen molar-refractivity contribution in [3.05, 3.63) is 10.4 Å². The summed E-state index contributed by atoms with van der Waals surface area (Å²) in [5.74, 6) is 0.416. The minimum Gasteiger partial charge on any atom is -0.391 e. The van der Waals surface area contributed by atoms with E-state index in [1.165, 1.54) is 0 Å². The summed E-state index contributed by atoms with van der Waals surface area (Å²) in [5.41, 5.74) is 11.2. The van der Waals surface area contributed by atoms with E-state index in [1.54, 1.807) is 9.36 Å². The molecule has 0 unspecified atom stereocenters. The summed E-state index contributed by atoms with van der Waals surface area (Å²) in [6.45, 7) is 1.54. The van der Waals surface area contributed by atoms with Crippen LogP contribution in [0.1, 0.15) is 12.8 Å². The second-order valence-corrected chi connectivity index (χ2v) is 3.06. The highest BCUT2D eigenvalue weighted by atomic mass is 35.5. The molecule has 74 valence electrons. The summed E-state index contributed by atoms with van der Waals surface area (Å²) < 4.78 is 3.38. The lowest BCUT2D eigenvalue weighted by atomic mass is 10.3. The van der Waals surface area contributed by atoms with Crippen LogP contribution in [0.4, 0.5) is 11.5 Å². The van der Waals surface area contributed by atoms with Crippen LogP contribution in [-0.2, 0) is 13.1 Å². The molecule has 1 aliphatic heterocycles. The molecule has 2 rings (SSSR count). The van der Waals surface area contributed by atoms with E-state index in [2.05, 4.69) is 0 Å². The molecule has 4 N–H and O–H groups in total. The second kappa shape index (κ2) is 3.33. The number of nitrogens with two attached hydrogens (primary N) is 2. The molecule has 0 radical (unpaired) electrons. The van der Waals surface area contributed by atoms with Crippen LogP contribution in [0.15, 0.2) is 4.79 Å². The van der Waals surface area contributed by atoms with Crippen LogP contribution < -0.4 is 17.0 Å². The second-order valence-electron chi connectivity index (χ2n) is 3.06. The molecule has 1 aromatic rings. The third kappa shape index (κ3) is 1.29. The number of nitrogen functional groups attached to an aromatic ring is 2. The van der Waals surface area contributed by atoms with Gasteiger partial charge in [-0.2, -0.15) is 0 Å². The molecule has 0 amide bonds. The van der Waals surface area contributed by atoms with Crippen molar-refractivity contribution in [1.29, 1.82) is 0 Å². The molecule has 0 saturated carbocycles. The van der Waals surface area contributed by atoms with Crippen LogP contribution in [0, 0.1) is 0 Å². The highest BCUT2D eigenvalue weighted by Crippen LogP contribution is 2.15. The minimum absolute atomic E-state index is 0. The van der Waals surface area contributed by atoms with Crippen molar-refractivity contribution in [3.63, 3.8) is 0 Å². The molecule has 2 heterocycles. The van der Waals surface area contributed by atoms with Crippen molar-refractivity contribution in [2.75, 3.05) is 11.5 Å². The summed E-state index contributed by atoms with van der Waals surface area (Å²) in [6.07, 6.45) is 2.10. The Morgan fingerprint density at radius 2 is 1.62 bits per heavy atom. The van der Waals surface area contributed by atoms with Gasteiger partial charge in [0.25, 0.3) is 5.56 Å². The molecular formula is C7H13ClN4O. The number of halogens is 1. The Hall–Kier alpha value is -1.10. The summed E-state index contributed by atoms with van der Waals surface area (Å²) >= 11 is 0. The highest BCUT2D eigenvalue weighted by Gasteiger charge is 2.17. The normalized spacial score (nSPS) is 14.8. The Labute approximate surface area is 81.7 Å². The Kier molecular flexibility index (Phi) is 2.56. The lowest BCUT2D eigenvalue weighted by Gasteiger charge is -2.17. The van der Waals surface area contributed by atoms with E-state index in [-0.39, 0.29) is 23.7 Å². The van der Waals surface area contributed by atoms with Crippen molar-refractivity contribution in [3.8, 4) is 0 Å². The first kappa shape index (κ1) is 9.98. The van der Waals surface area contributed by atoms with E-state index < -0.39 is 0 Å². The van der Waals surface area contributed by atoms with Crippen molar-refractivity contribution in [1.82, 2.24) is 9.36 Å². The van der Waals surface area contributed by atoms with E-state index in [9.17, 15) is 4.79 Å². The fraction of sp³-hybridized carbons (Fsp3) is 0.571. The van der Waals surface area contributed by atoms with Gasteiger partial charge < -0.3 is 11.5 Å². The standard InChI is InChI=1S/C7H12N4O.ClH/c8-5-6(9)10-3-1-2-4-11(10)7(5)12;/h1-4,8-9H2;1H. The third-order valence-corrected chi connectivity index (χ3v) is 2.30. The number of anilines is 2. The minimum atomic E-state index is -0.146. The van der Waals surface area contributed by atoms with Gasteiger partial charge in [-0.25, -0.2) is 4.68 Å². The van der Waals surface area contributed by atoms with Crippen LogP contribution in [0.3, 0.4) is 0 Å². The topological polar surface area (TPSA) is 79.0 Å². The number of nitrogens with zero attached hydrogens (tertiary/aromatic N) is 2. The van der Waals surface area contributed by atoms with Crippen LogP contribution in [0.25, 0.3) is 0 Å². The molecule has 1 aliphatic rings. The molecule has 0 aliphatic carbocycles. The predicted molar refractivity (Wildman–Crippen MR) is 54.0 cm³/mol. The molecule has 0 atom stereocenters. The smallest absolute Gasteiger partial charge is 0.292 e. The predicted octanol–water partition coefficient (Wildman–Crippen LogP) is 0.0298. The summed E-state index contributed by atoms with van der Waals surface area (Å²) in [7, 11) is 0. The Morgan fingerprint density at radius 3 is 2.15 bits per heavy atom. The number of rotatable bonds is 0. The molecule has 0 spiro atoms. The van der Waals surface area contributed by atoms with Crippen LogP contribution in [-0.4, -0.2) is 9.36 Å². The lowest BCUT2D eigenvalue weighted by Crippen LogP contribution is -2.27. The van der Waals surface area contributed by atoms with Gasteiger partial charge in [-0.3, -0.25) is 9.48 Å². The SMILES string of the molecule is Cl.Nc1c(N)n2n(c1=O)CCCC2. The molecule has 0 saturated heterocycles. The van der Waals surface area contributed by atoms with Crippen LogP contribution >= 0.6 is 12.4 Å². The van der Waals surface area contributed by atoms with Gasteiger partial charge in [0.05, 0.1) is 0 Å². The Morgan fingerprint density at radius 1 is 1.08 bits per heavy atom. The maximum absolute atomic E-state index is 11.4. The van der Waals surface area contributed by atoms with Crippen molar-refractivity contribution in [2.45, 2.75) is 25.9 Å². The first-order valence-corrected chi connectivity index (χ1v) is 4.06. The lowest BCUT2D eigenvalue weighted by molar-refractivity contribution is 0.360. The average Bonchev–Trinajstić information content (AvgIpc) is 2.33. The quantitative estimate of drug-likeness (QED) is 0.626. The summed E-state index contributed by atoms with van der Waals surface area (Å²) in [4.78, 5) is 11.4. The molecule has 13 heavy (non-hydrogen) atoms. The molecule has 6 heteroatoms. The van der Waals surface area contributed by atoms with E-state index in [4.69, 9.17) is 11.5 Å². The zero-order valence-electron chi connectivity index (χ0n) is 7.19. The van der Waals surface area contributed by atoms with E-state index in [0.717, 1.165) is 25.9 Å². The van der Waals surface area contributed by atoms with Crippen molar-refractivity contribution < 1.29 is 0 Å². The fourth-order valence-corrected chi connectivity index (χ4v) is 1.61. The third-order valence-electron chi connectivity index (χ3n) is 2.30.